The summed E-state index contributed by atoms with van der Waals surface area (Å²) in [5.74, 6) is 1.20. The largest absolute Gasteiger partial charge is 0.490 e. The van der Waals surface area contributed by atoms with E-state index in [4.69, 9.17) is 13.9 Å². The molecular weight excluding hydrogens is 428 g/mol. The molecule has 0 saturated carbocycles. The quantitative estimate of drug-likeness (QED) is 0.559. The number of allylic oxidation sites excluding steroid dienone is 1. The second-order valence-electron chi connectivity index (χ2n) is 7.82. The number of ether oxygens (including phenoxy) is 2. The summed E-state index contributed by atoms with van der Waals surface area (Å²) in [7, 11) is 0. The summed E-state index contributed by atoms with van der Waals surface area (Å²) in [4.78, 5) is 29.5. The van der Waals surface area contributed by atoms with Gasteiger partial charge >= 0.3 is 0 Å². The Bertz CT molecular complexity index is 1270. The van der Waals surface area contributed by atoms with Crippen LogP contribution in [0.2, 0.25) is 0 Å². The third kappa shape index (κ3) is 3.59. The number of amides is 1. The zero-order valence-electron chi connectivity index (χ0n) is 18.1. The van der Waals surface area contributed by atoms with Crippen molar-refractivity contribution in [1.29, 1.82) is 0 Å². The number of benzene rings is 1. The van der Waals surface area contributed by atoms with Crippen LogP contribution >= 0.6 is 11.3 Å². The van der Waals surface area contributed by atoms with Gasteiger partial charge < -0.3 is 23.7 Å². The average molecular weight is 453 g/mol. The molecule has 2 aliphatic heterocycles. The predicted molar refractivity (Wildman–Crippen MR) is 126 cm³/mol. The molecule has 2 aromatic heterocycles. The summed E-state index contributed by atoms with van der Waals surface area (Å²) in [6.07, 6.45) is 1.82. The van der Waals surface area contributed by atoms with Crippen molar-refractivity contribution in [2.45, 2.75) is 13.8 Å². The maximum absolute atomic E-state index is 12.9. The van der Waals surface area contributed by atoms with Crippen LogP contribution in [0.15, 0.2) is 50.5 Å². The minimum Gasteiger partial charge on any atom is -0.490 e. The molecule has 5 rings (SSSR count). The van der Waals surface area contributed by atoms with E-state index in [9.17, 15) is 9.59 Å². The maximum atomic E-state index is 12.9. The first-order valence-electron chi connectivity index (χ1n) is 10.7. The molecule has 166 valence electrons. The highest BCUT2D eigenvalue weighted by Crippen LogP contribution is 2.40. The molecular formula is C24H24N2O5S. The maximum Gasteiger partial charge on any atom is 0.253 e. The summed E-state index contributed by atoms with van der Waals surface area (Å²) >= 11 is 1.37. The standard InChI is InChI=1S/C24H24N2O5S/c1-3-15(2)24(28)26-8-11-30-20-5-4-16(12-18(20)26)17-14-32-23-19(27)13-21(31-22(17)23)25-6-9-29-10-7-25/h3-5,12-14H,6-11H2,1-2H3/b15-3-. The molecule has 4 heterocycles. The molecule has 1 amide bonds. The number of carbonyl (C=O) groups excluding carboxylic acids is 1. The molecule has 0 aliphatic carbocycles. The fourth-order valence-electron chi connectivity index (χ4n) is 4.00. The first kappa shape index (κ1) is 20.8. The lowest BCUT2D eigenvalue weighted by molar-refractivity contribution is -0.115. The molecule has 1 saturated heterocycles. The Morgan fingerprint density at radius 2 is 1.94 bits per heavy atom. The van der Waals surface area contributed by atoms with Crippen molar-refractivity contribution in [2.24, 2.45) is 0 Å². The first-order chi connectivity index (χ1) is 15.6. The van der Waals surface area contributed by atoms with E-state index >= 15 is 0 Å². The van der Waals surface area contributed by atoms with E-state index in [-0.39, 0.29) is 11.3 Å². The highest BCUT2D eigenvalue weighted by atomic mass is 32.1. The minimum atomic E-state index is -0.0502. The Balaban J connectivity index is 1.59. The van der Waals surface area contributed by atoms with Crippen molar-refractivity contribution < 1.29 is 18.7 Å². The molecule has 2 aliphatic rings. The van der Waals surface area contributed by atoms with Crippen molar-refractivity contribution >= 4 is 39.1 Å². The lowest BCUT2D eigenvalue weighted by Gasteiger charge is -2.30. The van der Waals surface area contributed by atoms with Crippen molar-refractivity contribution in [3.8, 4) is 16.9 Å². The highest BCUT2D eigenvalue weighted by molar-refractivity contribution is 7.17. The van der Waals surface area contributed by atoms with Crippen LogP contribution < -0.4 is 20.0 Å². The number of fused-ring (bicyclic) bond motifs is 2. The number of rotatable bonds is 3. The molecule has 0 atom stereocenters. The summed E-state index contributed by atoms with van der Waals surface area (Å²) in [5, 5.41) is 1.94. The number of morpholine rings is 1. The summed E-state index contributed by atoms with van der Waals surface area (Å²) in [6, 6.07) is 7.33. The normalized spacial score (nSPS) is 16.8. The van der Waals surface area contributed by atoms with Crippen LogP contribution in [0.1, 0.15) is 13.8 Å². The third-order valence-electron chi connectivity index (χ3n) is 5.90. The first-order valence-corrected chi connectivity index (χ1v) is 11.5. The smallest absolute Gasteiger partial charge is 0.253 e. The van der Waals surface area contributed by atoms with Crippen molar-refractivity contribution in [1.82, 2.24) is 0 Å². The van der Waals surface area contributed by atoms with Gasteiger partial charge in [0.1, 0.15) is 17.1 Å². The molecule has 7 nitrogen and oxygen atoms in total. The van der Waals surface area contributed by atoms with Gasteiger partial charge in [-0.25, -0.2) is 0 Å². The summed E-state index contributed by atoms with van der Waals surface area (Å²) in [5.41, 5.74) is 3.64. The molecule has 1 fully saturated rings. The molecule has 1 aromatic carbocycles. The van der Waals surface area contributed by atoms with Gasteiger partial charge in [0.2, 0.25) is 5.43 Å². The summed E-state index contributed by atoms with van der Waals surface area (Å²) in [6.45, 7) is 7.20. The molecule has 32 heavy (non-hydrogen) atoms. The van der Waals surface area contributed by atoms with Crippen molar-refractivity contribution in [3.05, 3.63) is 51.5 Å². The van der Waals surface area contributed by atoms with Crippen molar-refractivity contribution in [2.75, 3.05) is 49.3 Å². The van der Waals surface area contributed by atoms with Crippen LogP contribution in [0, 0.1) is 0 Å². The second-order valence-corrected chi connectivity index (χ2v) is 8.70. The number of nitrogens with zero attached hydrogens (tertiary/aromatic N) is 2. The van der Waals surface area contributed by atoms with Crippen LogP contribution in [-0.2, 0) is 9.53 Å². The van der Waals surface area contributed by atoms with Crippen molar-refractivity contribution in [3.63, 3.8) is 0 Å². The molecule has 3 aromatic rings. The third-order valence-corrected chi connectivity index (χ3v) is 6.88. The number of thiophene rings is 1. The van der Waals surface area contributed by atoms with Gasteiger partial charge in [0.25, 0.3) is 5.91 Å². The van der Waals surface area contributed by atoms with E-state index in [1.54, 1.807) is 11.0 Å². The predicted octanol–water partition coefficient (Wildman–Crippen LogP) is 4.05. The fourth-order valence-corrected chi connectivity index (χ4v) is 4.91. The molecule has 0 N–H and O–H groups in total. The Morgan fingerprint density at radius 3 is 2.72 bits per heavy atom. The van der Waals surface area contributed by atoms with E-state index in [0.29, 0.717) is 66.9 Å². The Morgan fingerprint density at radius 1 is 1.12 bits per heavy atom. The molecule has 8 heteroatoms. The Hall–Kier alpha value is -3.10. The van der Waals surface area contributed by atoms with Gasteiger partial charge in [-0.1, -0.05) is 12.1 Å². The number of hydrogen-bond donors (Lipinski definition) is 0. The van der Waals surface area contributed by atoms with Crippen LogP contribution in [0.25, 0.3) is 21.4 Å². The zero-order chi connectivity index (χ0) is 22.2. The number of carbonyl (C=O) groups is 1. The molecule has 0 bridgehead atoms. The van der Waals surface area contributed by atoms with Gasteiger partial charge in [0, 0.05) is 35.7 Å². The van der Waals surface area contributed by atoms with E-state index in [2.05, 4.69) is 0 Å². The molecule has 0 unspecified atom stereocenters. The average Bonchev–Trinajstić information content (AvgIpc) is 3.27. The van der Waals surface area contributed by atoms with E-state index < -0.39 is 0 Å². The van der Waals surface area contributed by atoms with Gasteiger partial charge in [-0.15, -0.1) is 11.3 Å². The van der Waals surface area contributed by atoms with E-state index in [1.165, 1.54) is 11.3 Å². The fraction of sp³-hybridized carbons (Fsp3) is 0.333. The molecule has 0 spiro atoms. The lowest BCUT2D eigenvalue weighted by Crippen LogP contribution is -2.38. The van der Waals surface area contributed by atoms with Crippen LogP contribution in [0.4, 0.5) is 11.6 Å². The summed E-state index contributed by atoms with van der Waals surface area (Å²) < 4.78 is 18.0. The topological polar surface area (TPSA) is 72.2 Å². The van der Waals surface area contributed by atoms with Gasteiger partial charge in [-0.2, -0.15) is 0 Å². The highest BCUT2D eigenvalue weighted by Gasteiger charge is 2.26. The number of hydrogen-bond acceptors (Lipinski definition) is 7. The van der Waals surface area contributed by atoms with Gasteiger partial charge in [0.15, 0.2) is 11.5 Å². The minimum absolute atomic E-state index is 0.0366. The van der Waals surface area contributed by atoms with Crippen LogP contribution in [0.3, 0.4) is 0 Å². The van der Waals surface area contributed by atoms with E-state index in [1.807, 2.05) is 48.4 Å². The monoisotopic (exact) mass is 452 g/mol. The SMILES string of the molecule is C/C=C(/C)C(=O)N1CCOc2ccc(-c3csc4c(=O)cc(N5CCOCC5)oc34)cc21. The number of anilines is 2. The zero-order valence-corrected chi connectivity index (χ0v) is 18.9. The molecule has 0 radical (unpaired) electrons. The van der Waals surface area contributed by atoms with Crippen LogP contribution in [0.5, 0.6) is 5.75 Å². The Kier molecular flexibility index (Phi) is 5.48. The van der Waals surface area contributed by atoms with E-state index in [0.717, 1.165) is 16.8 Å². The Labute approximate surface area is 189 Å². The second kappa shape index (κ2) is 8.44. The van der Waals surface area contributed by atoms with Gasteiger partial charge in [-0.3, -0.25) is 9.59 Å². The van der Waals surface area contributed by atoms with Crippen LogP contribution in [-0.4, -0.2) is 45.4 Å². The van der Waals surface area contributed by atoms with Gasteiger partial charge in [0.05, 0.1) is 25.4 Å². The van der Waals surface area contributed by atoms with Gasteiger partial charge in [-0.05, 0) is 31.5 Å². The lowest BCUT2D eigenvalue weighted by atomic mass is 10.1.